The first-order valence-electron chi connectivity index (χ1n) is 7.28. The minimum Gasteiger partial charge on any atom is -0.480 e. The summed E-state index contributed by atoms with van der Waals surface area (Å²) in [6.45, 7) is 2.68. The standard InChI is InChI=1S/C17H15N3O3/c1-2-23-16-11-18-17(12-6-4-3-5-7-12)14-10-13(20(21)22)8-9-15(14)19-16/h3-10H,2,11H2,1H3. The van der Waals surface area contributed by atoms with Gasteiger partial charge in [-0.1, -0.05) is 30.3 Å². The summed E-state index contributed by atoms with van der Waals surface area (Å²) in [5, 5.41) is 11.1. The summed E-state index contributed by atoms with van der Waals surface area (Å²) in [5.74, 6) is 0.508. The van der Waals surface area contributed by atoms with E-state index in [0.29, 0.717) is 36.0 Å². The maximum atomic E-state index is 11.1. The summed E-state index contributed by atoms with van der Waals surface area (Å²) in [7, 11) is 0. The fourth-order valence-corrected chi connectivity index (χ4v) is 2.41. The predicted molar refractivity (Wildman–Crippen MR) is 88.8 cm³/mol. The van der Waals surface area contributed by atoms with Crippen LogP contribution in [0.25, 0.3) is 0 Å². The molecule has 6 nitrogen and oxygen atoms in total. The van der Waals surface area contributed by atoms with Crippen molar-refractivity contribution in [3.63, 3.8) is 0 Å². The Labute approximate surface area is 133 Å². The van der Waals surface area contributed by atoms with Gasteiger partial charge < -0.3 is 4.74 Å². The molecule has 0 unspecified atom stereocenters. The second-order valence-corrected chi connectivity index (χ2v) is 4.93. The summed E-state index contributed by atoms with van der Waals surface area (Å²) in [6.07, 6.45) is 0. The van der Waals surface area contributed by atoms with Gasteiger partial charge in [-0.05, 0) is 13.0 Å². The van der Waals surface area contributed by atoms with Crippen LogP contribution in [0.3, 0.4) is 0 Å². The van der Waals surface area contributed by atoms with Gasteiger partial charge in [-0.2, -0.15) is 0 Å². The molecule has 1 aliphatic heterocycles. The molecule has 1 aliphatic rings. The highest BCUT2D eigenvalue weighted by atomic mass is 16.6. The summed E-state index contributed by atoms with van der Waals surface area (Å²) in [4.78, 5) is 19.7. The smallest absolute Gasteiger partial charge is 0.270 e. The first-order valence-corrected chi connectivity index (χ1v) is 7.28. The molecular formula is C17H15N3O3. The average Bonchev–Trinajstić information content (AvgIpc) is 2.74. The molecule has 2 aromatic carbocycles. The van der Waals surface area contributed by atoms with Gasteiger partial charge in [0.1, 0.15) is 6.54 Å². The lowest BCUT2D eigenvalue weighted by molar-refractivity contribution is -0.384. The molecule has 0 aliphatic carbocycles. The molecular weight excluding hydrogens is 294 g/mol. The van der Waals surface area contributed by atoms with Crippen molar-refractivity contribution in [2.75, 3.05) is 13.2 Å². The summed E-state index contributed by atoms with van der Waals surface area (Å²) < 4.78 is 5.49. The molecule has 0 amide bonds. The summed E-state index contributed by atoms with van der Waals surface area (Å²) in [6, 6.07) is 14.2. The fourth-order valence-electron chi connectivity index (χ4n) is 2.41. The number of aliphatic imine (C=N–C) groups is 2. The van der Waals surface area contributed by atoms with Gasteiger partial charge in [0.25, 0.3) is 5.69 Å². The van der Waals surface area contributed by atoms with Crippen LogP contribution in [0.1, 0.15) is 18.1 Å². The van der Waals surface area contributed by atoms with Gasteiger partial charge in [0.05, 0.1) is 22.9 Å². The molecule has 0 N–H and O–H groups in total. The normalized spacial score (nSPS) is 13.4. The zero-order chi connectivity index (χ0) is 16.2. The molecule has 6 heteroatoms. The molecule has 0 saturated carbocycles. The molecule has 0 spiro atoms. The van der Waals surface area contributed by atoms with Gasteiger partial charge in [0.15, 0.2) is 0 Å². The van der Waals surface area contributed by atoms with Crippen molar-refractivity contribution in [3.8, 4) is 0 Å². The Kier molecular flexibility index (Phi) is 4.14. The lowest BCUT2D eigenvalue weighted by atomic mass is 10.00. The molecule has 0 bridgehead atoms. The van der Waals surface area contributed by atoms with E-state index in [1.54, 1.807) is 6.07 Å². The van der Waals surface area contributed by atoms with E-state index in [0.717, 1.165) is 5.56 Å². The van der Waals surface area contributed by atoms with Crippen LogP contribution in [-0.2, 0) is 4.74 Å². The molecule has 1 heterocycles. The Balaban J connectivity index is 2.17. The molecule has 23 heavy (non-hydrogen) atoms. The third-order valence-electron chi connectivity index (χ3n) is 3.42. The number of hydrogen-bond acceptors (Lipinski definition) is 5. The SMILES string of the molecule is CCOC1=Nc2ccc([N+](=O)[O-])cc2C(c2ccccc2)=NC1. The molecule has 0 aromatic heterocycles. The number of nitro benzene ring substituents is 1. The zero-order valence-corrected chi connectivity index (χ0v) is 12.6. The fraction of sp³-hybridized carbons (Fsp3) is 0.176. The van der Waals surface area contributed by atoms with Crippen molar-refractivity contribution in [1.29, 1.82) is 0 Å². The van der Waals surface area contributed by atoms with E-state index < -0.39 is 4.92 Å². The molecule has 2 aromatic rings. The third-order valence-corrected chi connectivity index (χ3v) is 3.42. The number of rotatable bonds is 3. The Bertz CT molecular complexity index is 798. The van der Waals surface area contributed by atoms with Crippen molar-refractivity contribution in [1.82, 2.24) is 0 Å². The molecule has 0 fully saturated rings. The topological polar surface area (TPSA) is 77.1 Å². The van der Waals surface area contributed by atoms with Crippen LogP contribution in [0, 0.1) is 10.1 Å². The minimum absolute atomic E-state index is 0.0161. The molecule has 0 saturated heterocycles. The second-order valence-electron chi connectivity index (χ2n) is 4.93. The van der Waals surface area contributed by atoms with Gasteiger partial charge in [-0.25, -0.2) is 4.99 Å². The Morgan fingerprint density at radius 2 is 2.00 bits per heavy atom. The lowest BCUT2D eigenvalue weighted by Gasteiger charge is -2.08. The van der Waals surface area contributed by atoms with Gasteiger partial charge in [-0.15, -0.1) is 0 Å². The Morgan fingerprint density at radius 1 is 1.22 bits per heavy atom. The largest absolute Gasteiger partial charge is 0.480 e. The van der Waals surface area contributed by atoms with Gasteiger partial charge in [0.2, 0.25) is 5.90 Å². The van der Waals surface area contributed by atoms with Crippen LogP contribution in [-0.4, -0.2) is 29.7 Å². The average molecular weight is 309 g/mol. The number of nitrogens with zero attached hydrogens (tertiary/aromatic N) is 3. The van der Waals surface area contributed by atoms with Crippen LogP contribution in [0.5, 0.6) is 0 Å². The Hall–Kier alpha value is -3.02. The van der Waals surface area contributed by atoms with E-state index >= 15 is 0 Å². The number of nitro groups is 1. The van der Waals surface area contributed by atoms with Crippen molar-refractivity contribution >= 4 is 23.0 Å². The molecule has 0 radical (unpaired) electrons. The van der Waals surface area contributed by atoms with Gasteiger partial charge in [-0.3, -0.25) is 15.1 Å². The molecule has 3 rings (SSSR count). The van der Waals surface area contributed by atoms with Gasteiger partial charge >= 0.3 is 0 Å². The van der Waals surface area contributed by atoms with E-state index in [1.165, 1.54) is 12.1 Å². The van der Waals surface area contributed by atoms with Crippen LogP contribution >= 0.6 is 0 Å². The minimum atomic E-state index is -0.416. The van der Waals surface area contributed by atoms with Crippen LogP contribution in [0.4, 0.5) is 11.4 Å². The van der Waals surface area contributed by atoms with E-state index in [9.17, 15) is 10.1 Å². The highest BCUT2D eigenvalue weighted by molar-refractivity contribution is 6.17. The van der Waals surface area contributed by atoms with Crippen molar-refractivity contribution < 1.29 is 9.66 Å². The first kappa shape index (κ1) is 14.9. The monoisotopic (exact) mass is 309 g/mol. The number of fused-ring (bicyclic) bond motifs is 1. The van der Waals surface area contributed by atoms with E-state index in [1.807, 2.05) is 37.3 Å². The maximum absolute atomic E-state index is 11.1. The lowest BCUT2D eigenvalue weighted by Crippen LogP contribution is -2.09. The molecule has 0 atom stereocenters. The number of benzene rings is 2. The first-order chi connectivity index (χ1) is 11.2. The second kappa shape index (κ2) is 6.39. The van der Waals surface area contributed by atoms with Crippen molar-refractivity contribution in [2.45, 2.75) is 6.92 Å². The Morgan fingerprint density at radius 3 is 2.70 bits per heavy atom. The molecule has 116 valence electrons. The quantitative estimate of drug-likeness (QED) is 0.643. The highest BCUT2D eigenvalue weighted by Gasteiger charge is 2.19. The van der Waals surface area contributed by atoms with E-state index in [4.69, 9.17) is 4.74 Å². The zero-order valence-electron chi connectivity index (χ0n) is 12.6. The number of hydrogen-bond donors (Lipinski definition) is 0. The van der Waals surface area contributed by atoms with Crippen LogP contribution in [0.2, 0.25) is 0 Å². The predicted octanol–water partition coefficient (Wildman–Crippen LogP) is 3.51. The third kappa shape index (κ3) is 3.11. The van der Waals surface area contributed by atoms with Crippen LogP contribution < -0.4 is 0 Å². The van der Waals surface area contributed by atoms with Crippen molar-refractivity contribution in [2.24, 2.45) is 9.98 Å². The van der Waals surface area contributed by atoms with Gasteiger partial charge in [0, 0.05) is 23.3 Å². The van der Waals surface area contributed by atoms with E-state index in [-0.39, 0.29) is 5.69 Å². The number of non-ortho nitro benzene ring substituents is 1. The highest BCUT2D eigenvalue weighted by Crippen LogP contribution is 2.29. The van der Waals surface area contributed by atoms with Crippen molar-refractivity contribution in [3.05, 3.63) is 69.8 Å². The summed E-state index contributed by atoms with van der Waals surface area (Å²) in [5.41, 5.74) is 2.85. The number of ether oxygens (including phenoxy) is 1. The van der Waals surface area contributed by atoms with Crippen LogP contribution in [0.15, 0.2) is 58.5 Å². The summed E-state index contributed by atoms with van der Waals surface area (Å²) >= 11 is 0. The maximum Gasteiger partial charge on any atom is 0.270 e. The van der Waals surface area contributed by atoms with E-state index in [2.05, 4.69) is 9.98 Å².